The average Bonchev–Trinajstić information content (AvgIpc) is 2.45. The van der Waals surface area contributed by atoms with E-state index in [4.69, 9.17) is 14.6 Å². The van der Waals surface area contributed by atoms with Crippen LogP contribution in [0.1, 0.15) is 13.3 Å². The van der Waals surface area contributed by atoms with Crippen molar-refractivity contribution in [3.63, 3.8) is 0 Å². The fourth-order valence-electron chi connectivity index (χ4n) is 1.36. The van der Waals surface area contributed by atoms with Crippen molar-refractivity contribution in [3.8, 4) is 5.75 Å². The maximum Gasteiger partial charge on any atom is 0.240 e. The van der Waals surface area contributed by atoms with Crippen LogP contribution in [0.4, 0.5) is 0 Å². The van der Waals surface area contributed by atoms with Gasteiger partial charge in [0, 0.05) is 26.7 Å². The molecule has 0 fully saturated rings. The van der Waals surface area contributed by atoms with Gasteiger partial charge < -0.3 is 14.6 Å². The van der Waals surface area contributed by atoms with Gasteiger partial charge in [0.15, 0.2) is 0 Å². The molecule has 1 atom stereocenters. The van der Waals surface area contributed by atoms with E-state index >= 15 is 0 Å². The van der Waals surface area contributed by atoms with Gasteiger partial charge in [-0.05, 0) is 31.2 Å². The second-order valence-electron chi connectivity index (χ2n) is 4.30. The number of nitrogens with one attached hydrogen (secondary N) is 1. The highest BCUT2D eigenvalue weighted by molar-refractivity contribution is 7.89. The highest BCUT2D eigenvalue weighted by Crippen LogP contribution is 2.16. The fourth-order valence-corrected chi connectivity index (χ4v) is 2.48. The lowest BCUT2D eigenvalue weighted by Crippen LogP contribution is -2.31. The van der Waals surface area contributed by atoms with Crippen LogP contribution < -0.4 is 9.46 Å². The Hall–Kier alpha value is -1.15. The van der Waals surface area contributed by atoms with Crippen molar-refractivity contribution in [2.75, 3.05) is 26.9 Å². The zero-order valence-corrected chi connectivity index (χ0v) is 12.5. The number of benzene rings is 1. The third-order valence-corrected chi connectivity index (χ3v) is 4.11. The van der Waals surface area contributed by atoms with Gasteiger partial charge in [-0.1, -0.05) is 0 Å². The van der Waals surface area contributed by atoms with Crippen LogP contribution in [0.3, 0.4) is 0 Å². The van der Waals surface area contributed by atoms with E-state index in [1.807, 2.05) is 0 Å². The Kier molecular flexibility index (Phi) is 6.94. The van der Waals surface area contributed by atoms with Gasteiger partial charge in [-0.25, -0.2) is 13.1 Å². The van der Waals surface area contributed by atoms with Crippen LogP contribution in [0.2, 0.25) is 0 Å². The van der Waals surface area contributed by atoms with E-state index in [0.29, 0.717) is 18.8 Å². The Labute approximate surface area is 119 Å². The van der Waals surface area contributed by atoms with Gasteiger partial charge in [-0.3, -0.25) is 0 Å². The van der Waals surface area contributed by atoms with E-state index < -0.39 is 10.0 Å². The molecule has 0 bridgehead atoms. The number of aliphatic hydroxyl groups excluding tert-OH is 1. The molecule has 1 rings (SSSR count). The molecule has 0 heterocycles. The Morgan fingerprint density at radius 2 is 1.95 bits per heavy atom. The second-order valence-corrected chi connectivity index (χ2v) is 6.06. The number of hydrogen-bond donors (Lipinski definition) is 2. The van der Waals surface area contributed by atoms with Crippen LogP contribution in [0.25, 0.3) is 0 Å². The van der Waals surface area contributed by atoms with Crippen molar-refractivity contribution < 1.29 is 23.0 Å². The molecule has 114 valence electrons. The summed E-state index contributed by atoms with van der Waals surface area (Å²) in [5, 5.41) is 8.64. The minimum Gasteiger partial charge on any atom is -0.494 e. The summed E-state index contributed by atoms with van der Waals surface area (Å²) in [5.74, 6) is 0.572. The zero-order valence-electron chi connectivity index (χ0n) is 11.7. The monoisotopic (exact) mass is 303 g/mol. The number of ether oxygens (including phenoxy) is 2. The quantitative estimate of drug-likeness (QED) is 0.658. The van der Waals surface area contributed by atoms with Gasteiger partial charge in [-0.15, -0.1) is 0 Å². The van der Waals surface area contributed by atoms with Gasteiger partial charge in [0.1, 0.15) is 5.75 Å². The van der Waals surface area contributed by atoms with E-state index in [1.54, 1.807) is 19.1 Å². The summed E-state index contributed by atoms with van der Waals surface area (Å²) in [4.78, 5) is 0.176. The summed E-state index contributed by atoms with van der Waals surface area (Å²) >= 11 is 0. The van der Waals surface area contributed by atoms with E-state index in [9.17, 15) is 8.42 Å². The third-order valence-electron chi connectivity index (χ3n) is 2.67. The minimum absolute atomic E-state index is 0.0636. The Morgan fingerprint density at radius 1 is 1.30 bits per heavy atom. The molecule has 1 unspecified atom stereocenters. The SMILES string of the molecule is COC(C)CNS(=O)(=O)c1ccc(OCCCO)cc1. The minimum atomic E-state index is -3.53. The summed E-state index contributed by atoms with van der Waals surface area (Å²) in [7, 11) is -2.01. The van der Waals surface area contributed by atoms with Gasteiger partial charge in [-0.2, -0.15) is 0 Å². The summed E-state index contributed by atoms with van der Waals surface area (Å²) in [5.41, 5.74) is 0. The molecular weight excluding hydrogens is 282 g/mol. The van der Waals surface area contributed by atoms with Crippen LogP contribution in [0.5, 0.6) is 5.75 Å². The Morgan fingerprint density at radius 3 is 2.50 bits per heavy atom. The van der Waals surface area contributed by atoms with Crippen LogP contribution in [0.15, 0.2) is 29.2 Å². The lowest BCUT2D eigenvalue weighted by Gasteiger charge is -2.12. The van der Waals surface area contributed by atoms with Crippen LogP contribution >= 0.6 is 0 Å². The Bertz CT molecular complexity index is 486. The van der Waals surface area contributed by atoms with E-state index in [1.165, 1.54) is 19.2 Å². The van der Waals surface area contributed by atoms with E-state index in [-0.39, 0.29) is 24.2 Å². The summed E-state index contributed by atoms with van der Waals surface area (Å²) < 4.78 is 36.8. The first-order valence-electron chi connectivity index (χ1n) is 6.36. The van der Waals surface area contributed by atoms with Crippen molar-refractivity contribution in [2.45, 2.75) is 24.3 Å². The first-order chi connectivity index (χ1) is 9.49. The zero-order chi connectivity index (χ0) is 15.0. The van der Waals surface area contributed by atoms with Crippen LogP contribution in [-0.4, -0.2) is 46.5 Å². The molecule has 20 heavy (non-hydrogen) atoms. The fraction of sp³-hybridized carbons (Fsp3) is 0.538. The Balaban J connectivity index is 2.62. The number of hydrogen-bond acceptors (Lipinski definition) is 5. The van der Waals surface area contributed by atoms with Gasteiger partial charge in [0.05, 0.1) is 17.6 Å². The number of sulfonamides is 1. The first-order valence-corrected chi connectivity index (χ1v) is 7.84. The predicted molar refractivity (Wildman–Crippen MR) is 75.3 cm³/mol. The molecule has 0 aliphatic rings. The molecule has 0 saturated heterocycles. The molecule has 0 radical (unpaired) electrons. The summed E-state index contributed by atoms with van der Waals surface area (Å²) in [6.45, 7) is 2.45. The van der Waals surface area contributed by atoms with Crippen LogP contribution in [0, 0.1) is 0 Å². The van der Waals surface area contributed by atoms with E-state index in [2.05, 4.69) is 4.72 Å². The predicted octanol–water partition coefficient (Wildman–Crippen LogP) is 0.761. The van der Waals surface area contributed by atoms with Crippen molar-refractivity contribution in [3.05, 3.63) is 24.3 Å². The maximum absolute atomic E-state index is 12.0. The number of methoxy groups -OCH3 is 1. The highest BCUT2D eigenvalue weighted by atomic mass is 32.2. The molecule has 1 aromatic rings. The smallest absolute Gasteiger partial charge is 0.240 e. The van der Waals surface area contributed by atoms with Gasteiger partial charge in [0.25, 0.3) is 0 Å². The number of aliphatic hydroxyl groups is 1. The number of rotatable bonds is 9. The first kappa shape index (κ1) is 16.9. The van der Waals surface area contributed by atoms with Crippen molar-refractivity contribution >= 4 is 10.0 Å². The van der Waals surface area contributed by atoms with Crippen molar-refractivity contribution in [1.29, 1.82) is 0 Å². The van der Waals surface area contributed by atoms with Gasteiger partial charge in [0.2, 0.25) is 10.0 Å². The second kappa shape index (κ2) is 8.21. The van der Waals surface area contributed by atoms with Crippen LogP contribution in [-0.2, 0) is 14.8 Å². The molecule has 0 aliphatic carbocycles. The molecule has 0 amide bonds. The van der Waals surface area contributed by atoms with E-state index in [0.717, 1.165) is 0 Å². The summed E-state index contributed by atoms with van der Waals surface area (Å²) in [6.07, 6.45) is 0.349. The molecular formula is C13H21NO5S. The van der Waals surface area contributed by atoms with Crippen molar-refractivity contribution in [2.24, 2.45) is 0 Å². The van der Waals surface area contributed by atoms with Gasteiger partial charge >= 0.3 is 0 Å². The summed E-state index contributed by atoms with van der Waals surface area (Å²) in [6, 6.07) is 6.14. The van der Waals surface area contributed by atoms with Crippen molar-refractivity contribution in [1.82, 2.24) is 4.72 Å². The third kappa shape index (κ3) is 5.46. The lowest BCUT2D eigenvalue weighted by atomic mass is 10.3. The molecule has 0 saturated carbocycles. The largest absolute Gasteiger partial charge is 0.494 e. The molecule has 2 N–H and O–H groups in total. The molecule has 0 aromatic heterocycles. The maximum atomic E-state index is 12.0. The molecule has 0 spiro atoms. The molecule has 6 nitrogen and oxygen atoms in total. The normalized spacial score (nSPS) is 13.2. The lowest BCUT2D eigenvalue weighted by molar-refractivity contribution is 0.122. The standard InChI is InChI=1S/C13H21NO5S/c1-11(18-2)10-14-20(16,17)13-6-4-12(5-7-13)19-9-3-8-15/h4-7,11,14-15H,3,8-10H2,1-2H3. The average molecular weight is 303 g/mol. The topological polar surface area (TPSA) is 84.9 Å². The highest BCUT2D eigenvalue weighted by Gasteiger charge is 2.14. The molecule has 0 aliphatic heterocycles. The molecule has 7 heteroatoms. The molecule has 1 aromatic carbocycles.